The molecule has 0 aliphatic rings. The number of nitrogens with one attached hydrogen (secondary N) is 1. The van der Waals surface area contributed by atoms with Gasteiger partial charge in [-0.3, -0.25) is 4.79 Å². The van der Waals surface area contributed by atoms with E-state index in [1.165, 1.54) is 18.2 Å². The number of carbonyl (C=O) groups excluding carboxylic acids is 1. The van der Waals surface area contributed by atoms with Gasteiger partial charge in [-0.15, -0.1) is 0 Å². The van der Waals surface area contributed by atoms with Crippen LogP contribution in [0.4, 0.5) is 10.1 Å². The molecule has 3 N–H and O–H groups in total. The van der Waals surface area contributed by atoms with Gasteiger partial charge in [-0.1, -0.05) is 18.5 Å². The van der Waals surface area contributed by atoms with E-state index < -0.39 is 5.82 Å². The van der Waals surface area contributed by atoms with Crippen LogP contribution in [0.25, 0.3) is 0 Å². The molecule has 0 aliphatic carbocycles. The first kappa shape index (κ1) is 14.9. The molecule has 0 aliphatic heterocycles. The predicted molar refractivity (Wildman–Crippen MR) is 72.1 cm³/mol. The van der Waals surface area contributed by atoms with Crippen molar-refractivity contribution in [3.05, 3.63) is 29.0 Å². The van der Waals surface area contributed by atoms with Gasteiger partial charge >= 0.3 is 0 Å². The summed E-state index contributed by atoms with van der Waals surface area (Å²) in [6, 6.07) is 4.14. The first-order valence-corrected chi connectivity index (χ1v) is 6.42. The Morgan fingerprint density at radius 1 is 1.56 bits per heavy atom. The highest BCUT2D eigenvalue weighted by Crippen LogP contribution is 2.21. The molecule has 5 heteroatoms. The molecule has 100 valence electrons. The third-order valence-electron chi connectivity index (χ3n) is 2.81. The Bertz CT molecular complexity index is 412. The molecule has 18 heavy (non-hydrogen) atoms. The largest absolute Gasteiger partial charge is 0.330 e. The van der Waals surface area contributed by atoms with E-state index >= 15 is 0 Å². The number of rotatable bonds is 6. The first-order chi connectivity index (χ1) is 8.58. The normalized spacial score (nSPS) is 12.2. The molecular formula is C13H18ClFN2O. The lowest BCUT2D eigenvalue weighted by Gasteiger charge is -2.14. The van der Waals surface area contributed by atoms with E-state index in [1.807, 2.05) is 6.92 Å². The second-order valence-electron chi connectivity index (χ2n) is 4.15. The zero-order valence-electron chi connectivity index (χ0n) is 10.4. The third kappa shape index (κ3) is 4.27. The zero-order valence-corrected chi connectivity index (χ0v) is 11.1. The van der Waals surface area contributed by atoms with E-state index in [0.29, 0.717) is 12.2 Å². The summed E-state index contributed by atoms with van der Waals surface area (Å²) in [5, 5.41) is 2.74. The minimum Gasteiger partial charge on any atom is -0.330 e. The monoisotopic (exact) mass is 272 g/mol. The van der Waals surface area contributed by atoms with Crippen molar-refractivity contribution in [3.63, 3.8) is 0 Å². The van der Waals surface area contributed by atoms with Gasteiger partial charge in [-0.2, -0.15) is 0 Å². The molecule has 1 atom stereocenters. The fourth-order valence-corrected chi connectivity index (χ4v) is 1.88. The number of amides is 1. The molecular weight excluding hydrogens is 255 g/mol. The van der Waals surface area contributed by atoms with Crippen LogP contribution in [0.5, 0.6) is 0 Å². The lowest BCUT2D eigenvalue weighted by molar-refractivity contribution is -0.120. The highest BCUT2D eigenvalue weighted by atomic mass is 35.5. The molecule has 0 saturated carbocycles. The average molecular weight is 273 g/mol. The summed E-state index contributed by atoms with van der Waals surface area (Å²) in [7, 11) is 0. The summed E-state index contributed by atoms with van der Waals surface area (Å²) in [5.41, 5.74) is 5.94. The van der Waals surface area contributed by atoms with Crippen LogP contribution in [-0.4, -0.2) is 12.5 Å². The van der Waals surface area contributed by atoms with E-state index in [4.69, 9.17) is 17.3 Å². The van der Waals surface area contributed by atoms with Crippen molar-refractivity contribution in [1.82, 2.24) is 0 Å². The summed E-state index contributed by atoms with van der Waals surface area (Å²) in [6.07, 6.45) is 2.32. The molecule has 0 fully saturated rings. The van der Waals surface area contributed by atoms with Gasteiger partial charge in [0.1, 0.15) is 5.82 Å². The first-order valence-electron chi connectivity index (χ1n) is 6.04. The molecule has 3 nitrogen and oxygen atoms in total. The van der Waals surface area contributed by atoms with Gasteiger partial charge in [0.05, 0.1) is 5.02 Å². The fourth-order valence-electron chi connectivity index (χ4n) is 1.70. The molecule has 1 rings (SSSR count). The third-order valence-corrected chi connectivity index (χ3v) is 3.10. The number of carbonyl (C=O) groups is 1. The minimum absolute atomic E-state index is 0.00260. The van der Waals surface area contributed by atoms with Crippen LogP contribution < -0.4 is 11.1 Å². The molecule has 1 aromatic carbocycles. The van der Waals surface area contributed by atoms with E-state index in [0.717, 1.165) is 19.3 Å². The second-order valence-corrected chi connectivity index (χ2v) is 4.56. The number of hydrogen-bond donors (Lipinski definition) is 2. The van der Waals surface area contributed by atoms with Crippen LogP contribution in [0.3, 0.4) is 0 Å². The maximum absolute atomic E-state index is 13.0. The van der Waals surface area contributed by atoms with E-state index in [9.17, 15) is 9.18 Å². The Morgan fingerprint density at radius 2 is 2.28 bits per heavy atom. The molecule has 0 bridgehead atoms. The van der Waals surface area contributed by atoms with Crippen LogP contribution in [-0.2, 0) is 4.79 Å². The Labute approximate surface area is 112 Å². The molecule has 0 radical (unpaired) electrons. The van der Waals surface area contributed by atoms with Crippen LogP contribution in [0.1, 0.15) is 26.2 Å². The van der Waals surface area contributed by atoms with Gasteiger partial charge in [0.2, 0.25) is 5.91 Å². The summed E-state index contributed by atoms with van der Waals surface area (Å²) in [4.78, 5) is 12.0. The average Bonchev–Trinajstić information content (AvgIpc) is 2.35. The molecule has 1 unspecified atom stereocenters. The molecule has 0 aromatic heterocycles. The lowest BCUT2D eigenvalue weighted by Crippen LogP contribution is -2.23. The summed E-state index contributed by atoms with van der Waals surface area (Å²) >= 11 is 5.65. The number of hydrogen-bond acceptors (Lipinski definition) is 2. The van der Waals surface area contributed by atoms with Gasteiger partial charge in [0.25, 0.3) is 0 Å². The summed E-state index contributed by atoms with van der Waals surface area (Å²) in [6.45, 7) is 2.53. The van der Waals surface area contributed by atoms with Crippen LogP contribution in [0.15, 0.2) is 18.2 Å². The molecule has 1 amide bonds. The van der Waals surface area contributed by atoms with Gasteiger partial charge in [-0.25, -0.2) is 4.39 Å². The SMILES string of the molecule is CCC(CCCN)C(=O)Nc1ccc(F)c(Cl)c1. The second kappa shape index (κ2) is 7.34. The topological polar surface area (TPSA) is 55.1 Å². The van der Waals surface area contributed by atoms with Crippen molar-refractivity contribution >= 4 is 23.2 Å². The van der Waals surface area contributed by atoms with Gasteiger partial charge < -0.3 is 11.1 Å². The minimum atomic E-state index is -0.496. The predicted octanol–water partition coefficient (Wildman–Crippen LogP) is 3.18. The molecule has 0 heterocycles. The van der Waals surface area contributed by atoms with Crippen LogP contribution in [0.2, 0.25) is 5.02 Å². The Balaban J connectivity index is 2.64. The van der Waals surface area contributed by atoms with Gasteiger partial charge in [0.15, 0.2) is 0 Å². The van der Waals surface area contributed by atoms with Crippen LogP contribution in [0, 0.1) is 11.7 Å². The maximum Gasteiger partial charge on any atom is 0.227 e. The smallest absolute Gasteiger partial charge is 0.227 e. The van der Waals surface area contributed by atoms with Crippen molar-refractivity contribution in [3.8, 4) is 0 Å². The van der Waals surface area contributed by atoms with Gasteiger partial charge in [-0.05, 0) is 44.0 Å². The Hall–Kier alpha value is -1.13. The Morgan fingerprint density at radius 3 is 2.83 bits per heavy atom. The van der Waals surface area contributed by atoms with Crippen molar-refractivity contribution in [2.45, 2.75) is 26.2 Å². The Kier molecular flexibility index (Phi) is 6.09. The molecule has 1 aromatic rings. The fraction of sp³-hybridized carbons (Fsp3) is 0.462. The standard InChI is InChI=1S/C13H18ClFN2O/c1-2-9(4-3-7-16)13(18)17-10-5-6-12(15)11(14)8-10/h5-6,8-9H,2-4,7,16H2,1H3,(H,17,18). The van der Waals surface area contributed by atoms with E-state index in [1.54, 1.807) is 0 Å². The summed E-state index contributed by atoms with van der Waals surface area (Å²) in [5.74, 6) is -0.643. The number of nitrogens with two attached hydrogens (primary N) is 1. The quantitative estimate of drug-likeness (QED) is 0.836. The van der Waals surface area contributed by atoms with Crippen molar-refractivity contribution < 1.29 is 9.18 Å². The number of anilines is 1. The van der Waals surface area contributed by atoms with Gasteiger partial charge in [0, 0.05) is 11.6 Å². The highest BCUT2D eigenvalue weighted by Gasteiger charge is 2.16. The lowest BCUT2D eigenvalue weighted by atomic mass is 9.99. The van der Waals surface area contributed by atoms with Crippen molar-refractivity contribution in [2.24, 2.45) is 11.7 Å². The number of halogens is 2. The molecule has 0 spiro atoms. The maximum atomic E-state index is 13.0. The highest BCUT2D eigenvalue weighted by molar-refractivity contribution is 6.31. The van der Waals surface area contributed by atoms with E-state index in [2.05, 4.69) is 5.32 Å². The van der Waals surface area contributed by atoms with Crippen LogP contribution >= 0.6 is 11.6 Å². The van der Waals surface area contributed by atoms with E-state index in [-0.39, 0.29) is 16.8 Å². The zero-order chi connectivity index (χ0) is 13.5. The molecule has 0 saturated heterocycles. The van der Waals surface area contributed by atoms with Crippen molar-refractivity contribution in [2.75, 3.05) is 11.9 Å². The van der Waals surface area contributed by atoms with Crippen molar-refractivity contribution in [1.29, 1.82) is 0 Å². The number of benzene rings is 1. The summed E-state index contributed by atoms with van der Waals surface area (Å²) < 4.78 is 13.0.